The van der Waals surface area contributed by atoms with Gasteiger partial charge in [0.25, 0.3) is 0 Å². The summed E-state index contributed by atoms with van der Waals surface area (Å²) >= 11 is 0. The van der Waals surface area contributed by atoms with Gasteiger partial charge in [-0.3, -0.25) is 19.8 Å². The number of carbonyl (C=O) groups is 4. The van der Waals surface area contributed by atoms with E-state index in [2.05, 4.69) is 10.6 Å². The average molecular weight is 570 g/mol. The minimum Gasteiger partial charge on any atom is -0.481 e. The number of aliphatic carboxylic acids is 2. The number of nitrogens with one attached hydrogen (secondary N) is 3. The molecule has 216 valence electrons. The molecule has 1 unspecified atom stereocenters. The molecule has 0 saturated heterocycles. The van der Waals surface area contributed by atoms with Gasteiger partial charge in [0.05, 0.1) is 18.6 Å². The van der Waals surface area contributed by atoms with Gasteiger partial charge >= 0.3 is 18.1 Å². The van der Waals surface area contributed by atoms with E-state index in [1.807, 2.05) is 0 Å². The quantitative estimate of drug-likeness (QED) is 0.162. The lowest BCUT2D eigenvalue weighted by atomic mass is 9.99. The SMILES string of the molecule is N=C(N)c1ccc(NC(=O)CCC(=O)N[C@@H](CC(=O)O)C(O)c2ccc3c(c2)OCO3)cc1.O=C(O)C(F)(F)F. The van der Waals surface area contributed by atoms with Crippen molar-refractivity contribution in [3.05, 3.63) is 53.6 Å². The maximum atomic E-state index is 12.4. The lowest BCUT2D eigenvalue weighted by molar-refractivity contribution is -0.192. The number of anilines is 1. The Kier molecular flexibility index (Phi) is 10.8. The van der Waals surface area contributed by atoms with Crippen LogP contribution in [0.1, 0.15) is 36.5 Å². The summed E-state index contributed by atoms with van der Waals surface area (Å²) in [7, 11) is 0. The van der Waals surface area contributed by atoms with E-state index >= 15 is 0 Å². The number of carbonyl (C=O) groups excluding carboxylic acids is 2. The van der Waals surface area contributed by atoms with Crippen molar-refractivity contribution in [2.75, 3.05) is 12.1 Å². The summed E-state index contributed by atoms with van der Waals surface area (Å²) in [4.78, 5) is 44.6. The molecule has 3 rings (SSSR count). The zero-order valence-corrected chi connectivity index (χ0v) is 20.5. The number of ether oxygens (including phenoxy) is 2. The zero-order valence-electron chi connectivity index (χ0n) is 20.5. The number of amidine groups is 1. The van der Waals surface area contributed by atoms with Gasteiger partial charge in [0, 0.05) is 24.1 Å². The van der Waals surface area contributed by atoms with Crippen LogP contribution < -0.4 is 25.8 Å². The molecule has 2 aromatic carbocycles. The molecule has 0 fully saturated rings. The first-order valence-corrected chi connectivity index (χ1v) is 11.3. The maximum Gasteiger partial charge on any atom is 0.490 e. The van der Waals surface area contributed by atoms with Crippen LogP contribution in [-0.2, 0) is 19.2 Å². The predicted molar refractivity (Wildman–Crippen MR) is 131 cm³/mol. The second-order valence-corrected chi connectivity index (χ2v) is 8.17. The van der Waals surface area contributed by atoms with Crippen LogP contribution in [0.5, 0.6) is 11.5 Å². The molecule has 1 aliphatic heterocycles. The molecule has 40 heavy (non-hydrogen) atoms. The second kappa shape index (κ2) is 13.8. The highest BCUT2D eigenvalue weighted by atomic mass is 19.4. The summed E-state index contributed by atoms with van der Waals surface area (Å²) in [6.45, 7) is 0.0487. The Morgan fingerprint density at radius 1 is 0.975 bits per heavy atom. The fourth-order valence-corrected chi connectivity index (χ4v) is 3.22. The molecule has 1 aliphatic rings. The molecular formula is C24H25F3N4O9. The first-order chi connectivity index (χ1) is 18.7. The van der Waals surface area contributed by atoms with Crippen LogP contribution in [0.2, 0.25) is 0 Å². The van der Waals surface area contributed by atoms with Crippen molar-refractivity contribution < 1.29 is 57.1 Å². The number of nitrogens with two attached hydrogens (primary N) is 1. The summed E-state index contributed by atoms with van der Waals surface area (Å²) in [5.74, 6) is -4.13. The number of rotatable bonds is 10. The van der Waals surface area contributed by atoms with Crippen molar-refractivity contribution in [2.24, 2.45) is 5.73 Å². The smallest absolute Gasteiger partial charge is 0.481 e. The molecule has 0 bridgehead atoms. The van der Waals surface area contributed by atoms with Crippen LogP contribution in [-0.4, -0.2) is 63.9 Å². The van der Waals surface area contributed by atoms with Crippen molar-refractivity contribution in [2.45, 2.75) is 37.6 Å². The number of alkyl halides is 3. The van der Waals surface area contributed by atoms with E-state index in [0.717, 1.165) is 0 Å². The van der Waals surface area contributed by atoms with E-state index in [4.69, 9.17) is 30.5 Å². The topological polar surface area (TPSA) is 221 Å². The highest BCUT2D eigenvalue weighted by Crippen LogP contribution is 2.35. The molecular weight excluding hydrogens is 545 g/mol. The molecule has 2 aromatic rings. The molecule has 0 saturated carbocycles. The number of benzene rings is 2. The Morgan fingerprint density at radius 2 is 1.55 bits per heavy atom. The van der Waals surface area contributed by atoms with Gasteiger partial charge in [-0.2, -0.15) is 13.2 Å². The molecule has 2 amide bonds. The lowest BCUT2D eigenvalue weighted by Crippen LogP contribution is -2.41. The zero-order chi connectivity index (χ0) is 30.0. The third-order valence-corrected chi connectivity index (χ3v) is 5.16. The van der Waals surface area contributed by atoms with E-state index in [0.29, 0.717) is 28.3 Å². The van der Waals surface area contributed by atoms with Gasteiger partial charge in [-0.15, -0.1) is 0 Å². The van der Waals surface area contributed by atoms with Crippen molar-refractivity contribution in [3.8, 4) is 11.5 Å². The number of amides is 2. The van der Waals surface area contributed by atoms with Gasteiger partial charge in [-0.25, -0.2) is 4.79 Å². The Morgan fingerprint density at radius 3 is 2.10 bits per heavy atom. The van der Waals surface area contributed by atoms with E-state index in [9.17, 15) is 37.8 Å². The molecule has 1 heterocycles. The minimum atomic E-state index is -5.08. The largest absolute Gasteiger partial charge is 0.490 e. The number of halogens is 3. The third-order valence-electron chi connectivity index (χ3n) is 5.16. The highest BCUT2D eigenvalue weighted by molar-refractivity contribution is 5.96. The standard InChI is InChI=1S/C22H24N4O7.C2HF3O2/c23-22(24)12-1-4-14(5-2-12)25-18(27)7-8-19(28)26-15(10-20(29)30)21(31)13-3-6-16-17(9-13)33-11-32-16;3-2(4,5)1(6)7/h1-6,9,15,21,31H,7-8,10-11H2,(H3,23,24)(H,25,27)(H,26,28)(H,29,30);(H,6,7)/t15-,21?;/m0./s1. The van der Waals surface area contributed by atoms with Crippen LogP contribution in [0.15, 0.2) is 42.5 Å². The first kappa shape index (κ1) is 31.4. The number of carboxylic acids is 2. The number of hydrogen-bond donors (Lipinski definition) is 7. The molecule has 13 nitrogen and oxygen atoms in total. The summed E-state index contributed by atoms with van der Waals surface area (Å²) < 4.78 is 42.2. The van der Waals surface area contributed by atoms with Crippen LogP contribution >= 0.6 is 0 Å². The monoisotopic (exact) mass is 570 g/mol. The summed E-state index contributed by atoms with van der Waals surface area (Å²) in [5, 5.41) is 39.5. The van der Waals surface area contributed by atoms with Gasteiger partial charge in [-0.1, -0.05) is 6.07 Å². The summed E-state index contributed by atoms with van der Waals surface area (Å²) in [5.41, 5.74) is 6.73. The fraction of sp³-hybridized carbons (Fsp3) is 0.292. The normalized spacial score (nSPS) is 13.2. The molecule has 16 heteroatoms. The number of aliphatic hydroxyl groups is 1. The third kappa shape index (κ3) is 9.79. The number of aliphatic hydroxyl groups excluding tert-OH is 1. The van der Waals surface area contributed by atoms with Crippen LogP contribution in [0.25, 0.3) is 0 Å². The minimum absolute atomic E-state index is 0.0487. The number of hydrogen-bond acceptors (Lipinski definition) is 8. The maximum absolute atomic E-state index is 12.4. The molecule has 2 atom stereocenters. The molecule has 0 radical (unpaired) electrons. The van der Waals surface area contributed by atoms with Crippen molar-refractivity contribution in [1.29, 1.82) is 5.41 Å². The molecule has 0 spiro atoms. The molecule has 8 N–H and O–H groups in total. The van der Waals surface area contributed by atoms with E-state index < -0.39 is 48.5 Å². The number of fused-ring (bicyclic) bond motifs is 1. The Balaban J connectivity index is 0.000000708. The van der Waals surface area contributed by atoms with E-state index in [1.54, 1.807) is 36.4 Å². The summed E-state index contributed by atoms with van der Waals surface area (Å²) in [6, 6.07) is 9.89. The van der Waals surface area contributed by atoms with Crippen LogP contribution in [0.4, 0.5) is 18.9 Å². The highest BCUT2D eigenvalue weighted by Gasteiger charge is 2.38. The molecule has 0 aromatic heterocycles. The number of nitrogen functional groups attached to an aromatic ring is 1. The Hall–Kier alpha value is -4.86. The van der Waals surface area contributed by atoms with Gasteiger partial charge < -0.3 is 41.2 Å². The van der Waals surface area contributed by atoms with Gasteiger partial charge in [0.1, 0.15) is 5.84 Å². The molecule has 0 aliphatic carbocycles. The lowest BCUT2D eigenvalue weighted by Gasteiger charge is -2.23. The summed E-state index contributed by atoms with van der Waals surface area (Å²) in [6.07, 6.45) is -7.27. The van der Waals surface area contributed by atoms with Crippen molar-refractivity contribution in [1.82, 2.24) is 5.32 Å². The predicted octanol–water partition coefficient (Wildman–Crippen LogP) is 1.74. The van der Waals surface area contributed by atoms with Crippen LogP contribution in [0, 0.1) is 5.41 Å². The second-order valence-electron chi connectivity index (χ2n) is 8.17. The Labute approximate surface area is 224 Å². The fourth-order valence-electron chi connectivity index (χ4n) is 3.22. The number of carboxylic acid groups (broad SMARTS) is 2. The van der Waals surface area contributed by atoms with E-state index in [1.165, 1.54) is 6.07 Å². The van der Waals surface area contributed by atoms with Crippen molar-refractivity contribution in [3.63, 3.8) is 0 Å². The average Bonchev–Trinajstić information content (AvgIpc) is 3.34. The van der Waals surface area contributed by atoms with Crippen LogP contribution in [0.3, 0.4) is 0 Å². The van der Waals surface area contributed by atoms with Gasteiger partial charge in [0.15, 0.2) is 11.5 Å². The Bertz CT molecular complexity index is 1250. The van der Waals surface area contributed by atoms with E-state index in [-0.39, 0.29) is 25.5 Å². The van der Waals surface area contributed by atoms with Crippen molar-refractivity contribution >= 4 is 35.3 Å². The van der Waals surface area contributed by atoms with Gasteiger partial charge in [0.2, 0.25) is 18.6 Å². The first-order valence-electron chi connectivity index (χ1n) is 11.3. The van der Waals surface area contributed by atoms with Gasteiger partial charge in [-0.05, 0) is 42.0 Å².